The summed E-state index contributed by atoms with van der Waals surface area (Å²) in [5.74, 6) is -0.692. The normalized spacial score (nSPS) is 16.1. The number of nitrogens with one attached hydrogen (secondary N) is 1. The summed E-state index contributed by atoms with van der Waals surface area (Å²) in [6.45, 7) is 3.36. The van der Waals surface area contributed by atoms with E-state index in [0.29, 0.717) is 28.3 Å². The molecule has 1 amide bonds. The van der Waals surface area contributed by atoms with Crippen LogP contribution in [0.4, 0.5) is 5.00 Å². The zero-order chi connectivity index (χ0) is 18.7. The molecule has 1 N–H and O–H groups in total. The van der Waals surface area contributed by atoms with Crippen molar-refractivity contribution in [3.63, 3.8) is 0 Å². The lowest BCUT2D eigenvalue weighted by atomic mass is 9.80. The standard InChI is InChI=1S/C20H21NO4S/c1-3-25-20(24)17-16-14(11-13-7-5-4-6-8-13)9-10-15(23)18(16)26-19(17)21-12(2)22/h4-8,14H,3,9-11H2,1-2H3,(H,21,22). The summed E-state index contributed by atoms with van der Waals surface area (Å²) < 4.78 is 5.21. The molecule has 136 valence electrons. The van der Waals surface area contributed by atoms with E-state index in [2.05, 4.69) is 5.32 Å². The van der Waals surface area contributed by atoms with Crippen molar-refractivity contribution in [2.75, 3.05) is 11.9 Å². The van der Waals surface area contributed by atoms with Crippen LogP contribution in [0.5, 0.6) is 0 Å². The minimum Gasteiger partial charge on any atom is -0.462 e. The molecule has 0 fully saturated rings. The molecule has 0 bridgehead atoms. The van der Waals surface area contributed by atoms with E-state index in [1.165, 1.54) is 18.3 Å². The van der Waals surface area contributed by atoms with Crippen LogP contribution >= 0.6 is 11.3 Å². The van der Waals surface area contributed by atoms with Gasteiger partial charge in [0.1, 0.15) is 5.00 Å². The lowest BCUT2D eigenvalue weighted by Gasteiger charge is -2.23. The number of hydrogen-bond donors (Lipinski definition) is 1. The number of amides is 1. The van der Waals surface area contributed by atoms with Gasteiger partial charge in [0.25, 0.3) is 0 Å². The minimum absolute atomic E-state index is 0.0245. The van der Waals surface area contributed by atoms with Crippen molar-refractivity contribution in [1.29, 1.82) is 0 Å². The number of hydrogen-bond acceptors (Lipinski definition) is 5. The van der Waals surface area contributed by atoms with Crippen LogP contribution in [0.1, 0.15) is 63.8 Å². The summed E-state index contributed by atoms with van der Waals surface area (Å²) in [7, 11) is 0. The zero-order valence-corrected chi connectivity index (χ0v) is 15.7. The van der Waals surface area contributed by atoms with Crippen molar-refractivity contribution in [2.45, 2.75) is 39.0 Å². The molecule has 5 nitrogen and oxygen atoms in total. The Kier molecular flexibility index (Phi) is 5.52. The summed E-state index contributed by atoms with van der Waals surface area (Å²) in [6, 6.07) is 10.0. The van der Waals surface area contributed by atoms with Gasteiger partial charge in [-0.25, -0.2) is 4.79 Å². The maximum Gasteiger partial charge on any atom is 0.341 e. The van der Waals surface area contributed by atoms with Crippen molar-refractivity contribution >= 4 is 34.0 Å². The number of rotatable bonds is 5. The number of thiophene rings is 1. The first-order chi connectivity index (χ1) is 12.5. The predicted molar refractivity (Wildman–Crippen MR) is 101 cm³/mol. The summed E-state index contributed by atoms with van der Waals surface area (Å²) in [5.41, 5.74) is 2.23. The van der Waals surface area contributed by atoms with Gasteiger partial charge in [-0.1, -0.05) is 30.3 Å². The Morgan fingerprint density at radius 3 is 2.65 bits per heavy atom. The fraction of sp³-hybridized carbons (Fsp3) is 0.350. The number of carbonyl (C=O) groups is 3. The van der Waals surface area contributed by atoms with E-state index in [9.17, 15) is 14.4 Å². The fourth-order valence-electron chi connectivity index (χ4n) is 3.36. The average Bonchev–Trinajstić information content (AvgIpc) is 2.98. The largest absolute Gasteiger partial charge is 0.462 e. The van der Waals surface area contributed by atoms with Crippen molar-refractivity contribution < 1.29 is 19.1 Å². The van der Waals surface area contributed by atoms with E-state index in [4.69, 9.17) is 4.74 Å². The highest BCUT2D eigenvalue weighted by molar-refractivity contribution is 7.18. The first-order valence-corrected chi connectivity index (χ1v) is 9.51. The minimum atomic E-state index is -0.485. The zero-order valence-electron chi connectivity index (χ0n) is 14.8. The van der Waals surface area contributed by atoms with Gasteiger partial charge in [0, 0.05) is 13.3 Å². The summed E-state index contributed by atoms with van der Waals surface area (Å²) in [4.78, 5) is 37.2. The Balaban J connectivity index is 2.08. The molecule has 0 radical (unpaired) electrons. The Morgan fingerprint density at radius 1 is 1.27 bits per heavy atom. The number of ether oxygens (including phenoxy) is 1. The number of anilines is 1. The molecule has 26 heavy (non-hydrogen) atoms. The molecule has 1 atom stereocenters. The number of esters is 1. The van der Waals surface area contributed by atoms with Crippen LogP contribution in [0.2, 0.25) is 0 Å². The van der Waals surface area contributed by atoms with Crippen molar-refractivity contribution in [3.05, 3.63) is 51.9 Å². The molecule has 3 rings (SSSR count). The predicted octanol–water partition coefficient (Wildman–Crippen LogP) is 4.19. The Morgan fingerprint density at radius 2 is 2.00 bits per heavy atom. The van der Waals surface area contributed by atoms with E-state index < -0.39 is 5.97 Å². The van der Waals surface area contributed by atoms with Gasteiger partial charge in [-0.05, 0) is 36.8 Å². The van der Waals surface area contributed by atoms with Gasteiger partial charge in [0.15, 0.2) is 5.78 Å². The third-order valence-electron chi connectivity index (χ3n) is 4.42. The van der Waals surface area contributed by atoms with Crippen LogP contribution in [-0.4, -0.2) is 24.3 Å². The van der Waals surface area contributed by atoms with Crippen LogP contribution in [0.25, 0.3) is 0 Å². The maximum atomic E-state index is 12.6. The smallest absolute Gasteiger partial charge is 0.341 e. The second kappa shape index (κ2) is 7.83. The van der Waals surface area contributed by atoms with Gasteiger partial charge in [-0.3, -0.25) is 9.59 Å². The second-order valence-electron chi connectivity index (χ2n) is 6.30. The van der Waals surface area contributed by atoms with E-state index in [0.717, 1.165) is 17.5 Å². The lowest BCUT2D eigenvalue weighted by Crippen LogP contribution is -2.19. The van der Waals surface area contributed by atoms with Crippen molar-refractivity contribution in [2.24, 2.45) is 0 Å². The number of carbonyl (C=O) groups excluding carboxylic acids is 3. The molecular formula is C20H21NO4S. The topological polar surface area (TPSA) is 72.5 Å². The van der Waals surface area contributed by atoms with Crippen LogP contribution in [0, 0.1) is 0 Å². The molecule has 1 heterocycles. The third-order valence-corrected chi connectivity index (χ3v) is 5.58. The molecule has 1 unspecified atom stereocenters. The first-order valence-electron chi connectivity index (χ1n) is 8.69. The molecule has 0 spiro atoms. The third kappa shape index (κ3) is 3.70. The highest BCUT2D eigenvalue weighted by atomic mass is 32.1. The van der Waals surface area contributed by atoms with Gasteiger partial charge in [0.05, 0.1) is 17.0 Å². The van der Waals surface area contributed by atoms with Gasteiger partial charge >= 0.3 is 5.97 Å². The van der Waals surface area contributed by atoms with Crippen LogP contribution < -0.4 is 5.32 Å². The van der Waals surface area contributed by atoms with Crippen LogP contribution in [0.15, 0.2) is 30.3 Å². The quantitative estimate of drug-likeness (QED) is 0.800. The van der Waals surface area contributed by atoms with Crippen molar-refractivity contribution in [1.82, 2.24) is 0 Å². The monoisotopic (exact) mass is 371 g/mol. The fourth-order valence-corrected chi connectivity index (χ4v) is 4.65. The summed E-state index contributed by atoms with van der Waals surface area (Å²) >= 11 is 1.18. The molecule has 2 aromatic rings. The molecule has 0 aliphatic heterocycles. The van der Waals surface area contributed by atoms with Gasteiger partial charge in [-0.15, -0.1) is 11.3 Å². The average molecular weight is 371 g/mol. The SMILES string of the molecule is CCOC(=O)c1c(NC(C)=O)sc2c1C(Cc1ccccc1)CCC2=O. The van der Waals surface area contributed by atoms with E-state index in [1.807, 2.05) is 30.3 Å². The maximum absolute atomic E-state index is 12.6. The number of ketones is 1. The molecular weight excluding hydrogens is 350 g/mol. The number of benzene rings is 1. The molecule has 1 aromatic carbocycles. The molecule has 0 saturated heterocycles. The van der Waals surface area contributed by atoms with Crippen molar-refractivity contribution in [3.8, 4) is 0 Å². The molecule has 1 aliphatic carbocycles. The number of fused-ring (bicyclic) bond motifs is 1. The number of Topliss-reactive ketones (excluding diaryl/α,β-unsaturated/α-hetero) is 1. The van der Waals surface area contributed by atoms with E-state index in [-0.39, 0.29) is 24.2 Å². The highest BCUT2D eigenvalue weighted by Crippen LogP contribution is 2.45. The molecule has 0 saturated carbocycles. The van der Waals surface area contributed by atoms with E-state index >= 15 is 0 Å². The van der Waals surface area contributed by atoms with Crippen LogP contribution in [-0.2, 0) is 16.0 Å². The van der Waals surface area contributed by atoms with Crippen LogP contribution in [0.3, 0.4) is 0 Å². The Bertz CT molecular complexity index is 841. The van der Waals surface area contributed by atoms with Gasteiger partial charge < -0.3 is 10.1 Å². The lowest BCUT2D eigenvalue weighted by molar-refractivity contribution is -0.114. The molecule has 6 heteroatoms. The Hall–Kier alpha value is -2.47. The molecule has 1 aliphatic rings. The summed E-state index contributed by atoms with van der Waals surface area (Å²) in [6.07, 6.45) is 1.87. The molecule has 1 aromatic heterocycles. The highest BCUT2D eigenvalue weighted by Gasteiger charge is 2.36. The Labute approximate surface area is 156 Å². The van der Waals surface area contributed by atoms with E-state index in [1.54, 1.807) is 6.92 Å². The summed E-state index contributed by atoms with van der Waals surface area (Å²) in [5, 5.41) is 3.11. The van der Waals surface area contributed by atoms with Gasteiger partial charge in [0.2, 0.25) is 5.91 Å². The first kappa shape index (κ1) is 18.3. The van der Waals surface area contributed by atoms with Gasteiger partial charge in [-0.2, -0.15) is 0 Å². The second-order valence-corrected chi connectivity index (χ2v) is 7.32.